The molecule has 7 nitrogen and oxygen atoms in total. The van der Waals surface area contributed by atoms with Crippen molar-refractivity contribution in [1.82, 2.24) is 15.0 Å². The minimum Gasteiger partial charge on any atom is -0.480 e. The lowest BCUT2D eigenvalue weighted by atomic mass is 10.1. The molecule has 0 saturated heterocycles. The quantitative estimate of drug-likeness (QED) is 0.490. The van der Waals surface area contributed by atoms with Crippen molar-refractivity contribution in [3.05, 3.63) is 90.6 Å². The van der Waals surface area contributed by atoms with Crippen LogP contribution in [0.1, 0.15) is 5.56 Å². The number of rotatable bonds is 7. The second-order valence-corrected chi connectivity index (χ2v) is 6.79. The predicted molar refractivity (Wildman–Crippen MR) is 113 cm³/mol. The van der Waals surface area contributed by atoms with Crippen LogP contribution in [-0.2, 0) is 11.2 Å². The van der Waals surface area contributed by atoms with Gasteiger partial charge in [-0.25, -0.2) is 4.68 Å². The van der Waals surface area contributed by atoms with Crippen LogP contribution in [0.5, 0.6) is 11.5 Å². The maximum atomic E-state index is 10.9. The molecule has 0 saturated carbocycles. The van der Waals surface area contributed by atoms with Crippen molar-refractivity contribution >= 4 is 5.97 Å². The van der Waals surface area contributed by atoms with E-state index in [1.165, 1.54) is 0 Å². The standard InChI is InChI=1S/C23H20N4O3/c24-21(23(28)29)14-16-6-10-18(11-7-16)27-22(15-25-26-27)17-8-12-20(13-9-17)30-19-4-2-1-3-5-19/h1-13,15,21H,14,24H2,(H,28,29)/t21-/m0/s1. The summed E-state index contributed by atoms with van der Waals surface area (Å²) in [6, 6.07) is 23.8. The molecule has 1 heterocycles. The highest BCUT2D eigenvalue weighted by molar-refractivity contribution is 5.73. The zero-order valence-electron chi connectivity index (χ0n) is 16.1. The smallest absolute Gasteiger partial charge is 0.320 e. The average Bonchev–Trinajstić information content (AvgIpc) is 3.25. The third-order valence-corrected chi connectivity index (χ3v) is 4.63. The Morgan fingerprint density at radius 1 is 0.967 bits per heavy atom. The van der Waals surface area contributed by atoms with Crippen LogP contribution in [0.2, 0.25) is 0 Å². The van der Waals surface area contributed by atoms with Crippen molar-refractivity contribution in [2.24, 2.45) is 5.73 Å². The van der Waals surface area contributed by atoms with Gasteiger partial charge in [0.05, 0.1) is 17.6 Å². The molecule has 1 atom stereocenters. The molecule has 0 aliphatic carbocycles. The summed E-state index contributed by atoms with van der Waals surface area (Å²) in [6.07, 6.45) is 1.96. The zero-order chi connectivity index (χ0) is 20.9. The molecular formula is C23H20N4O3. The van der Waals surface area contributed by atoms with Gasteiger partial charge < -0.3 is 15.6 Å². The van der Waals surface area contributed by atoms with Crippen molar-refractivity contribution in [1.29, 1.82) is 0 Å². The van der Waals surface area contributed by atoms with Crippen LogP contribution in [0.25, 0.3) is 16.9 Å². The van der Waals surface area contributed by atoms with E-state index < -0.39 is 12.0 Å². The normalized spacial score (nSPS) is 11.8. The van der Waals surface area contributed by atoms with Crippen LogP contribution in [0, 0.1) is 0 Å². The van der Waals surface area contributed by atoms with Crippen LogP contribution < -0.4 is 10.5 Å². The van der Waals surface area contributed by atoms with Crippen LogP contribution in [0.4, 0.5) is 0 Å². The average molecular weight is 400 g/mol. The van der Waals surface area contributed by atoms with E-state index in [2.05, 4.69) is 10.3 Å². The molecule has 3 aromatic carbocycles. The van der Waals surface area contributed by atoms with E-state index in [1.807, 2.05) is 78.9 Å². The Bertz CT molecular complexity index is 1120. The molecule has 1 aromatic heterocycles. The lowest BCUT2D eigenvalue weighted by Crippen LogP contribution is -2.32. The van der Waals surface area contributed by atoms with Gasteiger partial charge in [0.2, 0.25) is 0 Å². The molecule has 0 spiro atoms. The number of carbonyl (C=O) groups is 1. The first kappa shape index (κ1) is 19.4. The number of ether oxygens (including phenoxy) is 1. The van der Waals surface area contributed by atoms with Gasteiger partial charge in [-0.15, -0.1) is 5.10 Å². The molecule has 4 aromatic rings. The van der Waals surface area contributed by atoms with Crippen molar-refractivity contribution in [3.63, 3.8) is 0 Å². The second kappa shape index (κ2) is 8.59. The zero-order valence-corrected chi connectivity index (χ0v) is 16.1. The van der Waals surface area contributed by atoms with Gasteiger partial charge in [-0.3, -0.25) is 4.79 Å². The number of aromatic nitrogens is 3. The summed E-state index contributed by atoms with van der Waals surface area (Å²) in [5, 5.41) is 17.2. The fourth-order valence-corrected chi connectivity index (χ4v) is 3.06. The van der Waals surface area contributed by atoms with E-state index in [-0.39, 0.29) is 6.42 Å². The second-order valence-electron chi connectivity index (χ2n) is 6.79. The lowest BCUT2D eigenvalue weighted by Gasteiger charge is -2.10. The minimum absolute atomic E-state index is 0.267. The fraction of sp³-hybridized carbons (Fsp3) is 0.0870. The fourth-order valence-electron chi connectivity index (χ4n) is 3.06. The predicted octanol–water partition coefficient (Wildman–Crippen LogP) is 3.68. The van der Waals surface area contributed by atoms with Gasteiger partial charge in [0.25, 0.3) is 0 Å². The maximum Gasteiger partial charge on any atom is 0.320 e. The minimum atomic E-state index is -1.02. The Labute approximate surface area is 173 Å². The molecule has 7 heteroatoms. The number of nitrogens with two attached hydrogens (primary N) is 1. The molecular weight excluding hydrogens is 380 g/mol. The number of hydrogen-bond acceptors (Lipinski definition) is 5. The van der Waals surface area contributed by atoms with Gasteiger partial charge in [0, 0.05) is 5.56 Å². The van der Waals surface area contributed by atoms with Gasteiger partial charge >= 0.3 is 5.97 Å². The largest absolute Gasteiger partial charge is 0.480 e. The Hall–Kier alpha value is -3.97. The number of carboxylic acid groups (broad SMARTS) is 1. The highest BCUT2D eigenvalue weighted by Crippen LogP contribution is 2.26. The number of carboxylic acids is 1. The van der Waals surface area contributed by atoms with E-state index in [4.69, 9.17) is 15.6 Å². The van der Waals surface area contributed by atoms with Crippen molar-refractivity contribution in [2.75, 3.05) is 0 Å². The van der Waals surface area contributed by atoms with Gasteiger partial charge in [-0.2, -0.15) is 0 Å². The van der Waals surface area contributed by atoms with Crippen LogP contribution in [0.15, 0.2) is 85.1 Å². The molecule has 0 fully saturated rings. The van der Waals surface area contributed by atoms with Gasteiger partial charge in [-0.1, -0.05) is 35.5 Å². The molecule has 30 heavy (non-hydrogen) atoms. The molecule has 150 valence electrons. The van der Waals surface area contributed by atoms with E-state index >= 15 is 0 Å². The van der Waals surface area contributed by atoms with E-state index in [1.54, 1.807) is 10.9 Å². The third kappa shape index (κ3) is 4.37. The van der Waals surface area contributed by atoms with Gasteiger partial charge in [-0.05, 0) is 60.5 Å². The van der Waals surface area contributed by atoms with Gasteiger partial charge in [0.1, 0.15) is 17.5 Å². The Morgan fingerprint density at radius 3 is 2.30 bits per heavy atom. The molecule has 3 N–H and O–H groups in total. The van der Waals surface area contributed by atoms with Gasteiger partial charge in [0.15, 0.2) is 0 Å². The van der Waals surface area contributed by atoms with Crippen molar-refractivity contribution in [2.45, 2.75) is 12.5 Å². The van der Waals surface area contributed by atoms with Crippen LogP contribution in [0.3, 0.4) is 0 Å². The Morgan fingerprint density at radius 2 is 1.63 bits per heavy atom. The molecule has 0 bridgehead atoms. The lowest BCUT2D eigenvalue weighted by molar-refractivity contribution is -0.138. The molecule has 0 radical (unpaired) electrons. The monoisotopic (exact) mass is 400 g/mol. The topological polar surface area (TPSA) is 103 Å². The number of benzene rings is 3. The molecule has 0 unspecified atom stereocenters. The molecule has 0 aliphatic heterocycles. The molecule has 4 rings (SSSR count). The maximum absolute atomic E-state index is 10.9. The Balaban J connectivity index is 1.52. The SMILES string of the molecule is N[C@@H](Cc1ccc(-n2nncc2-c2ccc(Oc3ccccc3)cc2)cc1)C(=O)O. The summed E-state index contributed by atoms with van der Waals surface area (Å²) in [6.45, 7) is 0. The van der Waals surface area contributed by atoms with Crippen LogP contribution in [-0.4, -0.2) is 32.1 Å². The summed E-state index contributed by atoms with van der Waals surface area (Å²) < 4.78 is 7.57. The first-order valence-electron chi connectivity index (χ1n) is 9.42. The number of aliphatic carboxylic acids is 1. The summed E-state index contributed by atoms with van der Waals surface area (Å²) in [5.74, 6) is 0.500. The van der Waals surface area contributed by atoms with Crippen molar-refractivity contribution < 1.29 is 14.6 Å². The third-order valence-electron chi connectivity index (χ3n) is 4.63. The molecule has 0 amide bonds. The highest BCUT2D eigenvalue weighted by atomic mass is 16.5. The summed E-state index contributed by atoms with van der Waals surface area (Å²) >= 11 is 0. The Kier molecular flexibility index (Phi) is 5.54. The molecule has 0 aliphatic rings. The first-order chi connectivity index (χ1) is 14.6. The van der Waals surface area contributed by atoms with Crippen molar-refractivity contribution in [3.8, 4) is 28.4 Å². The van der Waals surface area contributed by atoms with E-state index in [0.29, 0.717) is 0 Å². The highest BCUT2D eigenvalue weighted by Gasteiger charge is 2.13. The van der Waals surface area contributed by atoms with Crippen LogP contribution >= 0.6 is 0 Å². The van der Waals surface area contributed by atoms with E-state index in [0.717, 1.165) is 34.0 Å². The summed E-state index contributed by atoms with van der Waals surface area (Å²) in [5.41, 5.74) is 9.04. The first-order valence-corrected chi connectivity index (χ1v) is 9.42. The number of nitrogens with zero attached hydrogens (tertiary/aromatic N) is 3. The summed E-state index contributed by atoms with van der Waals surface area (Å²) in [7, 11) is 0. The van der Waals surface area contributed by atoms with E-state index in [9.17, 15) is 4.79 Å². The number of para-hydroxylation sites is 1. The summed E-state index contributed by atoms with van der Waals surface area (Å²) in [4.78, 5) is 10.9. The number of hydrogen-bond donors (Lipinski definition) is 2.